The first-order chi connectivity index (χ1) is 11.2. The Morgan fingerprint density at radius 2 is 1.79 bits per heavy atom. The Hall–Kier alpha value is -1.02. The van der Waals surface area contributed by atoms with Crippen LogP contribution in [-0.4, -0.2) is 50.7 Å². The van der Waals surface area contributed by atoms with Crippen LogP contribution in [0, 0.1) is 0 Å². The fourth-order valence-electron chi connectivity index (χ4n) is 2.32. The van der Waals surface area contributed by atoms with Crippen molar-refractivity contribution in [3.63, 3.8) is 0 Å². The van der Waals surface area contributed by atoms with Crippen LogP contribution in [0.2, 0.25) is 0 Å². The average molecular weight is 448 g/mol. The van der Waals surface area contributed by atoms with E-state index in [1.54, 1.807) is 7.11 Å². The molecule has 0 heterocycles. The van der Waals surface area contributed by atoms with E-state index >= 15 is 0 Å². The van der Waals surface area contributed by atoms with Crippen LogP contribution in [0.3, 0.4) is 0 Å². The molecule has 0 spiro atoms. The van der Waals surface area contributed by atoms with E-state index in [4.69, 9.17) is 4.74 Å². The minimum absolute atomic E-state index is 0. The number of benzene rings is 1. The third kappa shape index (κ3) is 9.32. The van der Waals surface area contributed by atoms with Crippen LogP contribution < -0.4 is 15.4 Å². The number of hydrogen-bond donors (Lipinski definition) is 2. The number of aliphatic imine (C=N–C) groups is 1. The summed E-state index contributed by atoms with van der Waals surface area (Å²) >= 11 is 0. The summed E-state index contributed by atoms with van der Waals surface area (Å²) in [6, 6.07) is 8.03. The Labute approximate surface area is 164 Å². The van der Waals surface area contributed by atoms with Crippen LogP contribution >= 0.6 is 24.0 Å². The van der Waals surface area contributed by atoms with Gasteiger partial charge in [0.05, 0.1) is 13.7 Å². The first-order valence-corrected chi connectivity index (χ1v) is 8.60. The van der Waals surface area contributed by atoms with E-state index in [1.807, 2.05) is 24.3 Å². The topological polar surface area (TPSA) is 48.9 Å². The van der Waals surface area contributed by atoms with Gasteiger partial charge in [-0.15, -0.1) is 24.0 Å². The normalized spacial score (nSPS) is 11.1. The number of ether oxygens (including phenoxy) is 1. The molecule has 0 saturated heterocycles. The van der Waals surface area contributed by atoms with Gasteiger partial charge in [-0.05, 0) is 44.1 Å². The van der Waals surface area contributed by atoms with Gasteiger partial charge in [-0.1, -0.05) is 26.0 Å². The van der Waals surface area contributed by atoms with Gasteiger partial charge in [0, 0.05) is 19.6 Å². The van der Waals surface area contributed by atoms with Crippen LogP contribution in [-0.2, 0) is 6.54 Å². The van der Waals surface area contributed by atoms with Crippen LogP contribution in [0.5, 0.6) is 5.75 Å². The number of hydrogen-bond acceptors (Lipinski definition) is 3. The van der Waals surface area contributed by atoms with Gasteiger partial charge in [0.2, 0.25) is 0 Å². The number of nitrogens with one attached hydrogen (secondary N) is 2. The summed E-state index contributed by atoms with van der Waals surface area (Å²) in [6.07, 6.45) is 1.19. The maximum absolute atomic E-state index is 5.17. The number of methoxy groups -OCH3 is 1. The lowest BCUT2D eigenvalue weighted by atomic mass is 10.2. The fraction of sp³-hybridized carbons (Fsp3) is 0.611. The van der Waals surface area contributed by atoms with Crippen LogP contribution in [0.25, 0.3) is 0 Å². The lowest BCUT2D eigenvalue weighted by molar-refractivity contribution is 0.293. The highest BCUT2D eigenvalue weighted by Gasteiger charge is 2.02. The quantitative estimate of drug-likeness (QED) is 0.328. The number of guanidine groups is 1. The zero-order valence-electron chi connectivity index (χ0n) is 15.5. The molecule has 24 heavy (non-hydrogen) atoms. The van der Waals surface area contributed by atoms with Crippen molar-refractivity contribution in [2.24, 2.45) is 4.99 Å². The van der Waals surface area contributed by atoms with Gasteiger partial charge < -0.3 is 20.3 Å². The second-order valence-electron chi connectivity index (χ2n) is 5.40. The third-order valence-corrected chi connectivity index (χ3v) is 3.63. The number of halogens is 1. The second kappa shape index (κ2) is 14.3. The van der Waals surface area contributed by atoms with E-state index < -0.39 is 0 Å². The third-order valence-electron chi connectivity index (χ3n) is 3.63. The molecule has 0 aliphatic carbocycles. The van der Waals surface area contributed by atoms with Gasteiger partial charge >= 0.3 is 0 Å². The molecule has 0 fully saturated rings. The monoisotopic (exact) mass is 448 g/mol. The Morgan fingerprint density at radius 1 is 1.08 bits per heavy atom. The fourth-order valence-corrected chi connectivity index (χ4v) is 2.32. The van der Waals surface area contributed by atoms with Crippen LogP contribution in [0.4, 0.5) is 0 Å². The molecule has 138 valence electrons. The smallest absolute Gasteiger partial charge is 0.191 e. The molecular weight excluding hydrogens is 415 g/mol. The Morgan fingerprint density at radius 3 is 2.33 bits per heavy atom. The van der Waals surface area contributed by atoms with Crippen LogP contribution in [0.15, 0.2) is 29.3 Å². The van der Waals surface area contributed by atoms with Crippen molar-refractivity contribution >= 4 is 29.9 Å². The predicted octanol–water partition coefficient (Wildman–Crippen LogP) is 3.10. The second-order valence-corrected chi connectivity index (χ2v) is 5.40. The maximum atomic E-state index is 5.17. The summed E-state index contributed by atoms with van der Waals surface area (Å²) in [7, 11) is 1.68. The minimum atomic E-state index is 0. The van der Waals surface area contributed by atoms with Crippen LogP contribution in [0.1, 0.15) is 32.8 Å². The largest absolute Gasteiger partial charge is 0.497 e. The zero-order chi connectivity index (χ0) is 16.9. The summed E-state index contributed by atoms with van der Waals surface area (Å²) in [6.45, 7) is 12.2. The molecule has 0 saturated carbocycles. The van der Waals surface area contributed by atoms with E-state index in [0.717, 1.165) is 44.4 Å². The molecule has 0 unspecified atom stereocenters. The minimum Gasteiger partial charge on any atom is -0.497 e. The van der Waals surface area contributed by atoms with Crippen molar-refractivity contribution in [1.29, 1.82) is 0 Å². The maximum Gasteiger partial charge on any atom is 0.191 e. The molecule has 0 atom stereocenters. The lowest BCUT2D eigenvalue weighted by Gasteiger charge is -2.20. The van der Waals surface area contributed by atoms with Gasteiger partial charge in [-0.2, -0.15) is 0 Å². The summed E-state index contributed by atoms with van der Waals surface area (Å²) in [5.41, 5.74) is 1.17. The molecule has 0 aromatic heterocycles. The standard InChI is InChI=1S/C18H32N4O.HI/c1-5-13-22(7-3)14-12-20-18(19-6-2)21-15-16-8-10-17(23-4)11-9-16;/h8-11H,5-7,12-15H2,1-4H3,(H2,19,20,21);1H. The summed E-state index contributed by atoms with van der Waals surface area (Å²) in [4.78, 5) is 7.09. The van der Waals surface area contributed by atoms with E-state index in [1.165, 1.54) is 12.0 Å². The van der Waals surface area contributed by atoms with Gasteiger partial charge in [0.25, 0.3) is 0 Å². The predicted molar refractivity (Wildman–Crippen MR) is 114 cm³/mol. The van der Waals surface area contributed by atoms with Gasteiger partial charge in [0.15, 0.2) is 5.96 Å². The van der Waals surface area contributed by atoms with E-state index in [2.05, 4.69) is 41.3 Å². The molecule has 2 N–H and O–H groups in total. The molecule has 6 heteroatoms. The zero-order valence-corrected chi connectivity index (χ0v) is 17.8. The SMILES string of the molecule is CCCN(CC)CCNC(=NCc1ccc(OC)cc1)NCC.I. The summed E-state index contributed by atoms with van der Waals surface area (Å²) < 4.78 is 5.17. The van der Waals surface area contributed by atoms with Crippen molar-refractivity contribution < 1.29 is 4.74 Å². The highest BCUT2D eigenvalue weighted by atomic mass is 127. The molecule has 1 rings (SSSR count). The summed E-state index contributed by atoms with van der Waals surface area (Å²) in [5, 5.41) is 6.70. The molecular formula is C18H33IN4O. The lowest BCUT2D eigenvalue weighted by Crippen LogP contribution is -2.41. The van der Waals surface area contributed by atoms with Crippen molar-refractivity contribution in [3.8, 4) is 5.75 Å². The molecule has 5 nitrogen and oxygen atoms in total. The highest BCUT2D eigenvalue weighted by molar-refractivity contribution is 14.0. The molecule has 1 aromatic rings. The van der Waals surface area contributed by atoms with Crippen molar-refractivity contribution in [2.75, 3.05) is 39.8 Å². The highest BCUT2D eigenvalue weighted by Crippen LogP contribution is 2.11. The Kier molecular flexibility index (Phi) is 13.7. The molecule has 0 aliphatic heterocycles. The first-order valence-electron chi connectivity index (χ1n) is 8.60. The van der Waals surface area contributed by atoms with Crippen molar-refractivity contribution in [3.05, 3.63) is 29.8 Å². The molecule has 0 radical (unpaired) electrons. The van der Waals surface area contributed by atoms with Crippen molar-refractivity contribution in [1.82, 2.24) is 15.5 Å². The molecule has 0 amide bonds. The Bertz CT molecular complexity index is 451. The van der Waals surface area contributed by atoms with E-state index in [0.29, 0.717) is 6.54 Å². The average Bonchev–Trinajstić information content (AvgIpc) is 2.59. The first kappa shape index (κ1) is 23.0. The van der Waals surface area contributed by atoms with E-state index in [9.17, 15) is 0 Å². The molecule has 1 aromatic carbocycles. The number of nitrogens with zero attached hydrogens (tertiary/aromatic N) is 2. The Balaban J connectivity index is 0.00000529. The molecule has 0 bridgehead atoms. The number of likely N-dealkylation sites (N-methyl/N-ethyl adjacent to an activating group) is 1. The molecule has 0 aliphatic rings. The van der Waals surface area contributed by atoms with Gasteiger partial charge in [-0.25, -0.2) is 4.99 Å². The van der Waals surface area contributed by atoms with Gasteiger partial charge in [0.1, 0.15) is 5.75 Å². The van der Waals surface area contributed by atoms with E-state index in [-0.39, 0.29) is 24.0 Å². The summed E-state index contributed by atoms with van der Waals surface area (Å²) in [5.74, 6) is 1.74. The van der Waals surface area contributed by atoms with Crippen molar-refractivity contribution in [2.45, 2.75) is 33.7 Å². The number of rotatable bonds is 10. The van der Waals surface area contributed by atoms with Gasteiger partial charge in [-0.3, -0.25) is 0 Å².